The highest BCUT2D eigenvalue weighted by Crippen LogP contribution is 2.11. The zero-order chi connectivity index (χ0) is 15.4. The molecular weight excluding hydrogens is 282 g/mol. The van der Waals surface area contributed by atoms with E-state index in [-0.39, 0.29) is 22.0 Å². The Kier molecular flexibility index (Phi) is 3.88. The third-order valence-corrected chi connectivity index (χ3v) is 2.50. The van der Waals surface area contributed by atoms with Crippen molar-refractivity contribution in [2.75, 3.05) is 0 Å². The predicted octanol–water partition coefficient (Wildman–Crippen LogP) is 0.289. The summed E-state index contributed by atoms with van der Waals surface area (Å²) in [6, 6.07) is 5.70. The van der Waals surface area contributed by atoms with Crippen LogP contribution in [-0.4, -0.2) is 22.2 Å². The van der Waals surface area contributed by atoms with Gasteiger partial charge in [-0.3, -0.25) is 19.5 Å². The smallest absolute Gasteiger partial charge is 0.322 e. The van der Waals surface area contributed by atoms with Gasteiger partial charge in [-0.15, -0.1) is 0 Å². The maximum Gasteiger partial charge on any atom is 0.322 e. The van der Waals surface area contributed by atoms with Crippen LogP contribution in [0.5, 0.6) is 0 Å². The van der Waals surface area contributed by atoms with Crippen LogP contribution in [0.4, 0.5) is 5.69 Å². The second-order valence-corrected chi connectivity index (χ2v) is 3.92. The molecule has 0 radical (unpaired) electrons. The third kappa shape index (κ3) is 3.18. The molecule has 0 saturated heterocycles. The fourth-order valence-electron chi connectivity index (χ4n) is 1.43. The Morgan fingerprint density at radius 2 is 2.33 bits per heavy atom. The van der Waals surface area contributed by atoms with Crippen molar-refractivity contribution in [3.05, 3.63) is 56.5 Å². The number of carbonyl (C=O) groups excluding carboxylic acids is 1. The minimum atomic E-state index is -0.729. The second-order valence-electron chi connectivity index (χ2n) is 3.92. The van der Waals surface area contributed by atoms with Gasteiger partial charge in [0.2, 0.25) is 5.69 Å². The number of rotatable bonds is 4. The molecule has 1 amide bonds. The maximum absolute atomic E-state index is 11.6. The van der Waals surface area contributed by atoms with Gasteiger partial charge in [0, 0.05) is 24.6 Å². The lowest BCUT2D eigenvalue weighted by Crippen LogP contribution is -2.28. The molecule has 21 heavy (non-hydrogen) atoms. The normalized spacial score (nSPS) is 10.7. The molecule has 0 aliphatic heterocycles. The molecule has 10 heteroatoms. The van der Waals surface area contributed by atoms with Gasteiger partial charge in [-0.25, -0.2) is 5.43 Å². The summed E-state index contributed by atoms with van der Waals surface area (Å²) in [5, 5.41) is 28.5. The number of non-ortho nitro benzene ring substituents is 1. The molecular formula is C11H9N5O5. The minimum absolute atomic E-state index is 0.00181. The second kappa shape index (κ2) is 5.77. The molecule has 0 atom stereocenters. The molecule has 1 aromatic carbocycles. The molecule has 0 aliphatic rings. The Morgan fingerprint density at radius 1 is 1.57 bits per heavy atom. The van der Waals surface area contributed by atoms with Gasteiger partial charge < -0.3 is 5.21 Å². The Morgan fingerprint density at radius 3 is 2.95 bits per heavy atom. The number of aromatic nitrogens is 2. The SMILES string of the molecule is Cc1c(C(=O)N/N=C/c2cccc([N+](=O)[O-])c2)no[n+]1[O-]. The van der Waals surface area contributed by atoms with Gasteiger partial charge in [-0.05, 0) is 4.90 Å². The zero-order valence-electron chi connectivity index (χ0n) is 10.7. The van der Waals surface area contributed by atoms with Crippen LogP contribution >= 0.6 is 0 Å². The lowest BCUT2D eigenvalue weighted by molar-refractivity contribution is -0.806. The maximum atomic E-state index is 11.6. The number of hydrazone groups is 1. The summed E-state index contributed by atoms with van der Waals surface area (Å²) in [5.74, 6) is -0.729. The fourth-order valence-corrected chi connectivity index (χ4v) is 1.43. The van der Waals surface area contributed by atoms with Crippen LogP contribution < -0.4 is 10.3 Å². The molecule has 1 heterocycles. The number of hydrogen-bond acceptors (Lipinski definition) is 7. The molecule has 0 unspecified atom stereocenters. The van der Waals surface area contributed by atoms with E-state index in [4.69, 9.17) is 0 Å². The van der Waals surface area contributed by atoms with E-state index in [9.17, 15) is 20.1 Å². The number of carbonyl (C=O) groups is 1. The first kappa shape index (κ1) is 14.1. The van der Waals surface area contributed by atoms with Crippen LogP contribution in [0.1, 0.15) is 21.7 Å². The first-order chi connectivity index (χ1) is 9.99. The lowest BCUT2D eigenvalue weighted by atomic mass is 10.2. The zero-order valence-corrected chi connectivity index (χ0v) is 10.7. The van der Waals surface area contributed by atoms with Crippen LogP contribution in [0.3, 0.4) is 0 Å². The molecule has 2 aromatic rings. The van der Waals surface area contributed by atoms with E-state index in [0.29, 0.717) is 5.56 Å². The molecule has 0 spiro atoms. The molecule has 0 saturated carbocycles. The number of nitrogens with one attached hydrogen (secondary N) is 1. The van der Waals surface area contributed by atoms with Crippen molar-refractivity contribution in [2.24, 2.45) is 5.10 Å². The van der Waals surface area contributed by atoms with E-state index in [1.165, 1.54) is 31.3 Å². The molecule has 0 fully saturated rings. The summed E-state index contributed by atoms with van der Waals surface area (Å²) in [6.07, 6.45) is 1.23. The number of nitro groups is 1. The summed E-state index contributed by atoms with van der Waals surface area (Å²) in [7, 11) is 0. The minimum Gasteiger partial charge on any atom is -0.359 e. The third-order valence-electron chi connectivity index (χ3n) is 2.50. The van der Waals surface area contributed by atoms with Gasteiger partial charge in [0.15, 0.2) is 0 Å². The summed E-state index contributed by atoms with van der Waals surface area (Å²) in [4.78, 5) is 21.8. The molecule has 2 rings (SSSR count). The average Bonchev–Trinajstić information content (AvgIpc) is 2.79. The Bertz CT molecular complexity index is 724. The molecule has 108 valence electrons. The number of benzene rings is 1. The molecule has 1 N–H and O–H groups in total. The number of hydrogen-bond donors (Lipinski definition) is 1. The van der Waals surface area contributed by atoms with Gasteiger partial charge in [0.25, 0.3) is 5.69 Å². The van der Waals surface area contributed by atoms with Gasteiger partial charge in [-0.2, -0.15) is 5.10 Å². The van der Waals surface area contributed by atoms with Crippen LogP contribution in [0.25, 0.3) is 0 Å². The highest BCUT2D eigenvalue weighted by Gasteiger charge is 2.22. The van der Waals surface area contributed by atoms with Crippen molar-refractivity contribution in [2.45, 2.75) is 6.92 Å². The van der Waals surface area contributed by atoms with Crippen molar-refractivity contribution in [1.82, 2.24) is 10.6 Å². The summed E-state index contributed by atoms with van der Waals surface area (Å²) in [6.45, 7) is 1.36. The van der Waals surface area contributed by atoms with E-state index >= 15 is 0 Å². The largest absolute Gasteiger partial charge is 0.359 e. The molecule has 10 nitrogen and oxygen atoms in total. The van der Waals surface area contributed by atoms with E-state index < -0.39 is 10.8 Å². The van der Waals surface area contributed by atoms with Crippen LogP contribution in [0.2, 0.25) is 0 Å². The summed E-state index contributed by atoms with van der Waals surface area (Å²) >= 11 is 0. The van der Waals surface area contributed by atoms with Gasteiger partial charge in [-0.1, -0.05) is 12.1 Å². The van der Waals surface area contributed by atoms with Gasteiger partial charge in [0.05, 0.1) is 16.3 Å². The Labute approximate surface area is 117 Å². The van der Waals surface area contributed by atoms with Crippen LogP contribution in [-0.2, 0) is 0 Å². The standard InChI is InChI=1S/C11H9N5O5/c1-7-10(14-21-16(7)20)11(17)13-12-6-8-3-2-4-9(5-8)15(18)19/h2-6H,1H3,(H,13,17)/b12-6+. The molecule has 0 bridgehead atoms. The highest BCUT2D eigenvalue weighted by atomic mass is 16.8. The molecule has 1 aromatic heterocycles. The van der Waals surface area contributed by atoms with Crippen molar-refractivity contribution >= 4 is 17.8 Å². The van der Waals surface area contributed by atoms with Crippen molar-refractivity contribution < 1.29 is 19.2 Å². The highest BCUT2D eigenvalue weighted by molar-refractivity contribution is 5.93. The van der Waals surface area contributed by atoms with E-state index in [1.807, 2.05) is 0 Å². The number of nitro benzene ring substituents is 1. The Balaban J connectivity index is 2.05. The van der Waals surface area contributed by atoms with Crippen molar-refractivity contribution in [1.29, 1.82) is 0 Å². The monoisotopic (exact) mass is 291 g/mol. The quantitative estimate of drug-likeness (QED) is 0.372. The van der Waals surface area contributed by atoms with E-state index in [1.54, 1.807) is 6.07 Å². The number of nitrogens with zero attached hydrogens (tertiary/aromatic N) is 4. The fraction of sp³-hybridized carbons (Fsp3) is 0.0909. The van der Waals surface area contributed by atoms with Gasteiger partial charge in [0.1, 0.15) is 0 Å². The average molecular weight is 291 g/mol. The first-order valence-electron chi connectivity index (χ1n) is 5.63. The van der Waals surface area contributed by atoms with Crippen LogP contribution in [0, 0.1) is 22.2 Å². The lowest BCUT2D eigenvalue weighted by Gasteiger charge is -1.95. The molecule has 0 aliphatic carbocycles. The van der Waals surface area contributed by atoms with E-state index in [0.717, 1.165) is 0 Å². The summed E-state index contributed by atoms with van der Waals surface area (Å²) < 4.78 is 4.25. The van der Waals surface area contributed by atoms with Gasteiger partial charge >= 0.3 is 11.6 Å². The topological polar surface area (TPSA) is 138 Å². The first-order valence-corrected chi connectivity index (χ1v) is 5.63. The van der Waals surface area contributed by atoms with Crippen molar-refractivity contribution in [3.8, 4) is 0 Å². The predicted molar refractivity (Wildman–Crippen MR) is 68.4 cm³/mol. The number of amides is 1. The summed E-state index contributed by atoms with van der Waals surface area (Å²) in [5.41, 5.74) is 2.28. The van der Waals surface area contributed by atoms with Crippen molar-refractivity contribution in [3.63, 3.8) is 0 Å². The Hall–Kier alpha value is -3.30. The van der Waals surface area contributed by atoms with Crippen LogP contribution in [0.15, 0.2) is 34.0 Å². The van der Waals surface area contributed by atoms with E-state index in [2.05, 4.69) is 20.3 Å².